The Hall–Kier alpha value is -0.460. The highest BCUT2D eigenvalue weighted by atomic mass is 35.5. The summed E-state index contributed by atoms with van der Waals surface area (Å²) in [5, 5.41) is -1.76. The van der Waals surface area contributed by atoms with Crippen molar-refractivity contribution in [2.24, 2.45) is 0 Å². The molecule has 0 bridgehead atoms. The molecule has 1 heterocycles. The Morgan fingerprint density at radius 3 is 2.07 bits per heavy atom. The molecule has 0 N–H and O–H groups in total. The molecule has 0 aliphatic carbocycles. The van der Waals surface area contributed by atoms with Gasteiger partial charge in [-0.1, -0.05) is 30.1 Å². The van der Waals surface area contributed by atoms with Gasteiger partial charge in [0, 0.05) is 0 Å². The third kappa shape index (κ3) is 2.13. The van der Waals surface area contributed by atoms with Crippen LogP contribution in [0.15, 0.2) is 5.16 Å². The van der Waals surface area contributed by atoms with E-state index < -0.39 is 31.1 Å². The van der Waals surface area contributed by atoms with E-state index in [2.05, 4.69) is 9.97 Å². The van der Waals surface area contributed by atoms with Crippen molar-refractivity contribution in [2.45, 2.75) is 12.1 Å². The van der Waals surface area contributed by atoms with E-state index in [1.54, 1.807) is 0 Å². The lowest BCUT2D eigenvalue weighted by Crippen LogP contribution is -2.10. The Labute approximate surface area is 90.0 Å². The minimum absolute atomic E-state index is 0.203. The molecule has 78 valence electrons. The smallest absolute Gasteiger partial charge is 0.220 e. The fourth-order valence-electron chi connectivity index (χ4n) is 0.644. The van der Waals surface area contributed by atoms with Crippen LogP contribution in [-0.4, -0.2) is 24.1 Å². The van der Waals surface area contributed by atoms with Crippen molar-refractivity contribution in [3.05, 3.63) is 16.1 Å². The van der Waals surface area contributed by atoms with Crippen LogP contribution in [0.4, 0.5) is 4.39 Å². The van der Waals surface area contributed by atoms with Crippen LogP contribution >= 0.6 is 23.2 Å². The van der Waals surface area contributed by atoms with E-state index in [-0.39, 0.29) is 5.75 Å². The Morgan fingerprint density at radius 1 is 1.29 bits per heavy atom. The molecule has 0 unspecified atom stereocenters. The lowest BCUT2D eigenvalue weighted by molar-refractivity contribution is 0.577. The van der Waals surface area contributed by atoms with Gasteiger partial charge in [0.15, 0.2) is 16.1 Å². The molecule has 1 aromatic heterocycles. The van der Waals surface area contributed by atoms with Gasteiger partial charge in [-0.15, -0.1) is 0 Å². The summed E-state index contributed by atoms with van der Waals surface area (Å²) in [6, 6.07) is 0. The Balaban J connectivity index is 3.41. The molecule has 0 aliphatic rings. The van der Waals surface area contributed by atoms with E-state index in [0.29, 0.717) is 0 Å². The van der Waals surface area contributed by atoms with Crippen LogP contribution in [0, 0.1) is 5.82 Å². The number of hydrogen-bond donors (Lipinski definition) is 0. The van der Waals surface area contributed by atoms with Gasteiger partial charge >= 0.3 is 0 Å². The van der Waals surface area contributed by atoms with Gasteiger partial charge < -0.3 is 0 Å². The molecule has 0 radical (unpaired) electrons. The highest BCUT2D eigenvalue weighted by molar-refractivity contribution is 7.91. The number of aromatic nitrogens is 2. The van der Waals surface area contributed by atoms with E-state index in [0.717, 1.165) is 0 Å². The summed E-state index contributed by atoms with van der Waals surface area (Å²) < 4.78 is 35.3. The summed E-state index contributed by atoms with van der Waals surface area (Å²) in [6.45, 7) is 1.41. The van der Waals surface area contributed by atoms with Crippen molar-refractivity contribution < 1.29 is 12.8 Å². The predicted octanol–water partition coefficient (Wildman–Crippen LogP) is 1.72. The monoisotopic (exact) mass is 258 g/mol. The van der Waals surface area contributed by atoms with Crippen LogP contribution in [0.25, 0.3) is 0 Å². The minimum Gasteiger partial charge on any atom is -0.220 e. The van der Waals surface area contributed by atoms with Crippen molar-refractivity contribution in [2.75, 3.05) is 5.75 Å². The third-order valence-corrected chi connectivity index (χ3v) is 3.41. The topological polar surface area (TPSA) is 59.9 Å². The van der Waals surface area contributed by atoms with Crippen molar-refractivity contribution in [3.8, 4) is 0 Å². The lowest BCUT2D eigenvalue weighted by Gasteiger charge is -2.01. The summed E-state index contributed by atoms with van der Waals surface area (Å²) in [4.78, 5) is 6.57. The number of nitrogens with zero attached hydrogens (tertiary/aromatic N) is 2. The molecule has 14 heavy (non-hydrogen) atoms. The van der Waals surface area contributed by atoms with Gasteiger partial charge in [-0.05, 0) is 0 Å². The van der Waals surface area contributed by atoms with Crippen LogP contribution in [-0.2, 0) is 9.84 Å². The van der Waals surface area contributed by atoms with Crippen LogP contribution in [0.2, 0.25) is 10.3 Å². The Bertz CT molecular complexity index is 440. The van der Waals surface area contributed by atoms with Crippen molar-refractivity contribution >= 4 is 33.0 Å². The number of rotatable bonds is 2. The normalized spacial score (nSPS) is 11.7. The molecule has 0 atom stereocenters. The summed E-state index contributed by atoms with van der Waals surface area (Å²) in [7, 11) is -3.62. The second kappa shape index (κ2) is 3.96. The van der Waals surface area contributed by atoms with Crippen LogP contribution in [0.5, 0.6) is 0 Å². The van der Waals surface area contributed by atoms with E-state index in [9.17, 15) is 12.8 Å². The third-order valence-electron chi connectivity index (χ3n) is 1.41. The maximum atomic E-state index is 12.8. The molecule has 0 saturated carbocycles. The van der Waals surface area contributed by atoms with E-state index in [4.69, 9.17) is 23.2 Å². The average Bonchev–Trinajstić information content (AvgIpc) is 2.13. The first kappa shape index (κ1) is 11.6. The quantitative estimate of drug-likeness (QED) is 0.599. The highest BCUT2D eigenvalue weighted by Gasteiger charge is 2.20. The van der Waals surface area contributed by atoms with Gasteiger partial charge in [-0.2, -0.15) is 0 Å². The second-order valence-corrected chi connectivity index (χ2v) is 5.19. The predicted molar refractivity (Wildman–Crippen MR) is 49.7 cm³/mol. The van der Waals surface area contributed by atoms with Crippen LogP contribution in [0.3, 0.4) is 0 Å². The molecular formula is C6H5Cl2FN2O2S. The highest BCUT2D eigenvalue weighted by Crippen LogP contribution is 2.20. The first-order valence-corrected chi connectivity index (χ1v) is 5.90. The van der Waals surface area contributed by atoms with Gasteiger partial charge in [-0.25, -0.2) is 22.8 Å². The lowest BCUT2D eigenvalue weighted by atomic mass is 10.6. The fraction of sp³-hybridized carbons (Fsp3) is 0.333. The average molecular weight is 259 g/mol. The van der Waals surface area contributed by atoms with Crippen molar-refractivity contribution in [1.29, 1.82) is 0 Å². The molecule has 8 heteroatoms. The zero-order chi connectivity index (χ0) is 10.9. The molecule has 4 nitrogen and oxygen atoms in total. The summed E-state index contributed by atoms with van der Waals surface area (Å²) in [5.74, 6) is -1.23. The first-order chi connectivity index (χ1) is 6.38. The first-order valence-electron chi connectivity index (χ1n) is 3.49. The maximum absolute atomic E-state index is 12.8. The van der Waals surface area contributed by atoms with Gasteiger partial charge in [0.1, 0.15) is 0 Å². The standard InChI is InChI=1S/C6H5Cl2FN2O2S/c1-2-14(12,13)6-10-4(7)3(9)5(8)11-6/h2H2,1H3. The number of halogens is 3. The number of sulfone groups is 1. The fourth-order valence-corrected chi connectivity index (χ4v) is 1.85. The Morgan fingerprint density at radius 2 is 1.71 bits per heavy atom. The van der Waals surface area contributed by atoms with Crippen molar-refractivity contribution in [1.82, 2.24) is 9.97 Å². The summed E-state index contributed by atoms with van der Waals surface area (Å²) in [6.07, 6.45) is 0. The molecule has 1 aromatic rings. The van der Waals surface area contributed by atoms with E-state index in [1.165, 1.54) is 6.92 Å². The summed E-state index contributed by atoms with van der Waals surface area (Å²) >= 11 is 10.6. The molecular weight excluding hydrogens is 254 g/mol. The van der Waals surface area contributed by atoms with Gasteiger partial charge in [0.2, 0.25) is 15.0 Å². The van der Waals surface area contributed by atoms with Gasteiger partial charge in [-0.3, -0.25) is 0 Å². The molecule has 0 aliphatic heterocycles. The van der Waals surface area contributed by atoms with Crippen molar-refractivity contribution in [3.63, 3.8) is 0 Å². The zero-order valence-electron chi connectivity index (χ0n) is 6.96. The molecule has 0 fully saturated rings. The zero-order valence-corrected chi connectivity index (χ0v) is 9.29. The summed E-state index contributed by atoms with van der Waals surface area (Å²) in [5.41, 5.74) is 0. The molecule has 0 amide bonds. The largest absolute Gasteiger partial charge is 0.250 e. The maximum Gasteiger partial charge on any atom is 0.250 e. The van der Waals surface area contributed by atoms with Gasteiger partial charge in [0.05, 0.1) is 5.75 Å². The molecule has 0 aromatic carbocycles. The minimum atomic E-state index is -3.62. The van der Waals surface area contributed by atoms with E-state index in [1.807, 2.05) is 0 Å². The number of hydrogen-bond acceptors (Lipinski definition) is 4. The van der Waals surface area contributed by atoms with Crippen LogP contribution in [0.1, 0.15) is 6.92 Å². The second-order valence-electron chi connectivity index (χ2n) is 2.31. The van der Waals surface area contributed by atoms with Gasteiger partial charge in [0.25, 0.3) is 0 Å². The van der Waals surface area contributed by atoms with Crippen LogP contribution < -0.4 is 0 Å². The SMILES string of the molecule is CCS(=O)(=O)c1nc(Cl)c(F)c(Cl)n1. The molecule has 1 rings (SSSR count). The molecule has 0 saturated heterocycles. The van der Waals surface area contributed by atoms with E-state index >= 15 is 0 Å². The Kier molecular flexibility index (Phi) is 3.28. The molecule has 0 spiro atoms.